The summed E-state index contributed by atoms with van der Waals surface area (Å²) in [6.45, 7) is 0.194. The van der Waals surface area contributed by atoms with Gasteiger partial charge in [0.05, 0.1) is 12.3 Å². The fourth-order valence-electron chi connectivity index (χ4n) is 3.39. The monoisotopic (exact) mass is 293 g/mol. The Morgan fingerprint density at radius 3 is 2.35 bits per heavy atom. The molecule has 1 amide bonds. The van der Waals surface area contributed by atoms with Crippen molar-refractivity contribution in [3.8, 4) is 0 Å². The summed E-state index contributed by atoms with van der Waals surface area (Å²) < 4.78 is 39.2. The fraction of sp³-hybridized carbons (Fsp3) is 0.846. The molecule has 1 saturated carbocycles. The van der Waals surface area contributed by atoms with Crippen LogP contribution in [-0.4, -0.2) is 41.1 Å². The second kappa shape index (κ2) is 5.26. The highest BCUT2D eigenvalue weighted by Crippen LogP contribution is 2.56. The normalized spacial score (nSPS) is 25.4. The number of rotatable bonds is 3. The van der Waals surface area contributed by atoms with Gasteiger partial charge in [0.15, 0.2) is 0 Å². The van der Waals surface area contributed by atoms with Crippen molar-refractivity contribution in [3.63, 3.8) is 0 Å². The molecule has 0 aromatic rings. The molecule has 1 aliphatic carbocycles. The van der Waals surface area contributed by atoms with E-state index in [1.165, 1.54) is 4.90 Å². The molecule has 0 bridgehead atoms. The second-order valence-corrected chi connectivity index (χ2v) is 5.81. The van der Waals surface area contributed by atoms with Crippen molar-refractivity contribution in [2.75, 3.05) is 13.1 Å². The van der Waals surface area contributed by atoms with Gasteiger partial charge in [-0.15, -0.1) is 0 Å². The van der Waals surface area contributed by atoms with Gasteiger partial charge in [-0.2, -0.15) is 13.2 Å². The van der Waals surface area contributed by atoms with Gasteiger partial charge >= 0.3 is 12.1 Å². The number of halogens is 3. The minimum atomic E-state index is -4.21. The van der Waals surface area contributed by atoms with Crippen LogP contribution in [0.4, 0.5) is 13.2 Å². The average molecular weight is 293 g/mol. The summed E-state index contributed by atoms with van der Waals surface area (Å²) in [7, 11) is 0. The predicted octanol–water partition coefficient (Wildman–Crippen LogP) is 2.43. The minimum Gasteiger partial charge on any atom is -0.481 e. The summed E-state index contributed by atoms with van der Waals surface area (Å²) in [5.41, 5.74) is -0.824. The molecule has 0 aromatic heterocycles. The molecule has 1 saturated heterocycles. The van der Waals surface area contributed by atoms with Gasteiger partial charge in [0, 0.05) is 19.5 Å². The third-order valence-electron chi connectivity index (χ3n) is 4.58. The van der Waals surface area contributed by atoms with E-state index >= 15 is 0 Å². The Morgan fingerprint density at radius 2 is 1.90 bits per heavy atom. The molecule has 1 spiro atoms. The zero-order valence-corrected chi connectivity index (χ0v) is 11.1. The Hall–Kier alpha value is -1.27. The summed E-state index contributed by atoms with van der Waals surface area (Å²) >= 11 is 0. The van der Waals surface area contributed by atoms with Crippen molar-refractivity contribution in [3.05, 3.63) is 0 Å². The molecule has 1 atom stereocenters. The minimum absolute atomic E-state index is 0.0672. The third-order valence-corrected chi connectivity index (χ3v) is 4.58. The summed E-state index contributed by atoms with van der Waals surface area (Å²) in [6.07, 6.45) is -2.92. The van der Waals surface area contributed by atoms with E-state index in [4.69, 9.17) is 5.11 Å². The van der Waals surface area contributed by atoms with Crippen LogP contribution in [0.15, 0.2) is 0 Å². The number of alkyl halides is 3. The topological polar surface area (TPSA) is 57.6 Å². The smallest absolute Gasteiger partial charge is 0.392 e. The number of nitrogens with zero attached hydrogens (tertiary/aromatic N) is 1. The van der Waals surface area contributed by atoms with Gasteiger partial charge in [0.25, 0.3) is 0 Å². The van der Waals surface area contributed by atoms with Gasteiger partial charge in [0.2, 0.25) is 5.91 Å². The van der Waals surface area contributed by atoms with Crippen molar-refractivity contribution in [2.45, 2.75) is 44.7 Å². The van der Waals surface area contributed by atoms with E-state index in [0.717, 1.165) is 6.42 Å². The van der Waals surface area contributed by atoms with Gasteiger partial charge in [-0.1, -0.05) is 6.42 Å². The van der Waals surface area contributed by atoms with Crippen LogP contribution < -0.4 is 0 Å². The van der Waals surface area contributed by atoms with Crippen molar-refractivity contribution >= 4 is 11.9 Å². The van der Waals surface area contributed by atoms with E-state index in [2.05, 4.69) is 0 Å². The maximum absolute atomic E-state index is 13.1. The zero-order chi connectivity index (χ0) is 15.0. The zero-order valence-electron chi connectivity index (χ0n) is 11.1. The van der Waals surface area contributed by atoms with Crippen LogP contribution in [0.3, 0.4) is 0 Å². The Kier molecular flexibility index (Phi) is 3.97. The van der Waals surface area contributed by atoms with E-state index in [1.807, 2.05) is 0 Å². The number of hydrogen-bond donors (Lipinski definition) is 1. The lowest BCUT2D eigenvalue weighted by Crippen LogP contribution is -2.57. The number of carboxylic acids is 1. The van der Waals surface area contributed by atoms with Crippen molar-refractivity contribution in [1.82, 2.24) is 4.90 Å². The maximum atomic E-state index is 13.1. The molecule has 0 aromatic carbocycles. The van der Waals surface area contributed by atoms with Gasteiger partial charge in [-0.05, 0) is 24.7 Å². The highest BCUT2D eigenvalue weighted by molar-refractivity contribution is 5.80. The largest absolute Gasteiger partial charge is 0.481 e. The summed E-state index contributed by atoms with van der Waals surface area (Å²) in [4.78, 5) is 23.7. The van der Waals surface area contributed by atoms with Crippen molar-refractivity contribution < 1.29 is 27.9 Å². The predicted molar refractivity (Wildman–Crippen MR) is 63.9 cm³/mol. The van der Waals surface area contributed by atoms with Crippen LogP contribution in [0, 0.1) is 11.3 Å². The van der Waals surface area contributed by atoms with Crippen molar-refractivity contribution in [1.29, 1.82) is 0 Å². The number of aliphatic carboxylic acids is 1. The first-order chi connectivity index (χ1) is 9.24. The molecule has 2 aliphatic rings. The number of likely N-dealkylation sites (tertiary alicyclic amines) is 1. The number of carbonyl (C=O) groups is 2. The number of amides is 1. The molecule has 0 radical (unpaired) electrons. The van der Waals surface area contributed by atoms with Gasteiger partial charge in [0.1, 0.15) is 0 Å². The molecule has 1 heterocycles. The Bertz CT molecular complexity index is 404. The van der Waals surface area contributed by atoms with Crippen LogP contribution in [0.25, 0.3) is 0 Å². The van der Waals surface area contributed by atoms with Crippen LogP contribution in [0.1, 0.15) is 38.5 Å². The molecule has 2 fully saturated rings. The summed E-state index contributed by atoms with van der Waals surface area (Å²) in [5.74, 6) is -2.74. The van der Waals surface area contributed by atoms with E-state index in [1.54, 1.807) is 0 Å². The SMILES string of the molecule is O=C(O)CCC(=O)N1CCC(C(F)(F)F)C2(CCC2)C1. The Morgan fingerprint density at radius 1 is 1.25 bits per heavy atom. The van der Waals surface area contributed by atoms with Gasteiger partial charge < -0.3 is 10.0 Å². The van der Waals surface area contributed by atoms with Crippen LogP contribution >= 0.6 is 0 Å². The van der Waals surface area contributed by atoms with Crippen LogP contribution in [0.2, 0.25) is 0 Å². The highest BCUT2D eigenvalue weighted by atomic mass is 19.4. The van der Waals surface area contributed by atoms with E-state index in [-0.39, 0.29) is 38.3 Å². The summed E-state index contributed by atoms with van der Waals surface area (Å²) in [5, 5.41) is 8.55. The number of carbonyl (C=O) groups excluding carboxylic acids is 1. The first-order valence-electron chi connectivity index (χ1n) is 6.81. The number of piperidine rings is 1. The second-order valence-electron chi connectivity index (χ2n) is 5.81. The van der Waals surface area contributed by atoms with E-state index in [0.29, 0.717) is 12.8 Å². The van der Waals surface area contributed by atoms with Gasteiger partial charge in [-0.25, -0.2) is 0 Å². The molecule has 1 unspecified atom stereocenters. The van der Waals surface area contributed by atoms with Gasteiger partial charge in [-0.3, -0.25) is 9.59 Å². The molecule has 1 N–H and O–H groups in total. The first-order valence-corrected chi connectivity index (χ1v) is 6.81. The van der Waals surface area contributed by atoms with E-state index < -0.39 is 23.5 Å². The average Bonchev–Trinajstić information content (AvgIpc) is 2.32. The van der Waals surface area contributed by atoms with Crippen LogP contribution in [-0.2, 0) is 9.59 Å². The lowest BCUT2D eigenvalue weighted by molar-refractivity contribution is -0.237. The molecule has 20 heavy (non-hydrogen) atoms. The van der Waals surface area contributed by atoms with Crippen molar-refractivity contribution in [2.24, 2.45) is 11.3 Å². The quantitative estimate of drug-likeness (QED) is 0.869. The maximum Gasteiger partial charge on any atom is 0.392 e. The first kappa shape index (κ1) is 15.1. The van der Waals surface area contributed by atoms with Crippen LogP contribution in [0.5, 0.6) is 0 Å². The number of carboxylic acid groups (broad SMARTS) is 1. The Labute approximate surface area is 114 Å². The molecule has 7 heteroatoms. The third kappa shape index (κ3) is 2.91. The lowest BCUT2D eigenvalue weighted by Gasteiger charge is -2.54. The standard InChI is InChI=1S/C13H18F3NO3/c14-13(15,16)9-4-7-17(8-12(9)5-1-6-12)10(18)2-3-11(19)20/h9H,1-8H2,(H,19,20). The molecule has 1 aliphatic heterocycles. The fourth-order valence-corrected chi connectivity index (χ4v) is 3.39. The Balaban J connectivity index is 2.01. The number of hydrogen-bond acceptors (Lipinski definition) is 2. The summed E-state index contributed by atoms with van der Waals surface area (Å²) in [6, 6.07) is 0. The molecular formula is C13H18F3NO3. The molecule has 114 valence electrons. The lowest BCUT2D eigenvalue weighted by atomic mass is 9.58. The van der Waals surface area contributed by atoms with E-state index in [9.17, 15) is 22.8 Å². The molecule has 4 nitrogen and oxygen atoms in total. The molecular weight excluding hydrogens is 275 g/mol. The molecule has 2 rings (SSSR count). The highest BCUT2D eigenvalue weighted by Gasteiger charge is 2.58.